The topological polar surface area (TPSA) is 127 Å². The Hall–Kier alpha value is -2.98. The number of hydrogen-bond acceptors (Lipinski definition) is 8. The van der Waals surface area contributed by atoms with Crippen molar-refractivity contribution in [2.24, 2.45) is 0 Å². The summed E-state index contributed by atoms with van der Waals surface area (Å²) in [7, 11) is -3.68. The van der Waals surface area contributed by atoms with Gasteiger partial charge >= 0.3 is 12.1 Å². The van der Waals surface area contributed by atoms with Gasteiger partial charge in [-0.2, -0.15) is 13.2 Å². The summed E-state index contributed by atoms with van der Waals surface area (Å²) in [6.07, 6.45) is -1.71. The van der Waals surface area contributed by atoms with Crippen molar-refractivity contribution in [3.05, 3.63) is 52.9 Å². The number of rotatable bonds is 7. The number of fused-ring (bicyclic) bond motifs is 1. The largest absolute Gasteiger partial charge is 0.490 e. The second-order valence-electron chi connectivity index (χ2n) is 9.69. The summed E-state index contributed by atoms with van der Waals surface area (Å²) in [5.41, 5.74) is 2.30. The van der Waals surface area contributed by atoms with E-state index in [-0.39, 0.29) is 12.1 Å². The Morgan fingerprint density at radius 2 is 1.90 bits per heavy atom. The van der Waals surface area contributed by atoms with Crippen LogP contribution in [0.2, 0.25) is 0 Å². The van der Waals surface area contributed by atoms with Gasteiger partial charge in [-0.15, -0.1) is 22.7 Å². The van der Waals surface area contributed by atoms with Crippen LogP contribution in [0.25, 0.3) is 21.6 Å². The van der Waals surface area contributed by atoms with Crippen LogP contribution in [0.15, 0.2) is 52.2 Å². The number of halogens is 3. The number of aliphatic hydroxyl groups is 1. The summed E-state index contributed by atoms with van der Waals surface area (Å²) in [4.78, 5) is 20.5. The number of aliphatic carboxylic acids is 1. The van der Waals surface area contributed by atoms with Crippen LogP contribution in [0, 0.1) is 0 Å². The number of thiophene rings is 1. The van der Waals surface area contributed by atoms with Gasteiger partial charge in [0.15, 0.2) is 0 Å². The molecule has 1 saturated heterocycles. The predicted octanol–water partition coefficient (Wildman–Crippen LogP) is 5.55. The normalized spacial score (nSPS) is 15.2. The third kappa shape index (κ3) is 7.27. The number of alkyl halides is 3. The van der Waals surface area contributed by atoms with E-state index >= 15 is 0 Å². The highest BCUT2D eigenvalue weighted by atomic mass is 32.2. The number of carbonyl (C=O) groups is 1. The van der Waals surface area contributed by atoms with Gasteiger partial charge in [-0.1, -0.05) is 18.2 Å². The van der Waals surface area contributed by atoms with Crippen LogP contribution in [-0.4, -0.2) is 70.9 Å². The Balaban J connectivity index is 0.000000493. The molecule has 0 saturated carbocycles. The molecule has 0 amide bonds. The zero-order valence-corrected chi connectivity index (χ0v) is 24.6. The molecule has 4 heterocycles. The number of para-hydroxylation sites is 1. The molecule has 1 aliphatic rings. The first kappa shape index (κ1) is 31.0. The van der Waals surface area contributed by atoms with Crippen molar-refractivity contribution in [2.75, 3.05) is 17.4 Å². The van der Waals surface area contributed by atoms with Crippen molar-refractivity contribution < 1.29 is 36.6 Å². The van der Waals surface area contributed by atoms with E-state index < -0.39 is 22.2 Å². The van der Waals surface area contributed by atoms with E-state index in [0.717, 1.165) is 54.1 Å². The molecule has 3 aromatic heterocycles. The molecule has 1 aromatic carbocycles. The van der Waals surface area contributed by atoms with Crippen molar-refractivity contribution in [2.45, 2.75) is 55.8 Å². The molecule has 0 bridgehead atoms. The number of sulfonamides is 1. The molecule has 0 radical (unpaired) electrons. The third-order valence-corrected chi connectivity index (χ3v) is 10.7. The summed E-state index contributed by atoms with van der Waals surface area (Å²) in [6.45, 7) is 6.40. The first-order chi connectivity index (χ1) is 19.3. The molecule has 222 valence electrons. The number of carboxylic acids is 1. The lowest BCUT2D eigenvalue weighted by Crippen LogP contribution is -2.36. The fraction of sp³-hybridized carbons (Fsp3) is 0.385. The van der Waals surface area contributed by atoms with Crippen LogP contribution in [0.5, 0.6) is 0 Å². The average molecular weight is 631 g/mol. The van der Waals surface area contributed by atoms with E-state index in [2.05, 4.69) is 14.9 Å². The fourth-order valence-corrected chi connectivity index (χ4v) is 8.11. The van der Waals surface area contributed by atoms with Gasteiger partial charge in [0, 0.05) is 42.1 Å². The second-order valence-corrected chi connectivity index (χ2v) is 13.8. The monoisotopic (exact) mass is 630 g/mol. The minimum atomic E-state index is -5.08. The summed E-state index contributed by atoms with van der Waals surface area (Å²) in [6, 6.07) is 10.9. The number of piperidine rings is 1. The molecule has 3 N–H and O–H groups in total. The summed E-state index contributed by atoms with van der Waals surface area (Å²) < 4.78 is 60.5. The molecule has 15 heteroatoms. The molecule has 9 nitrogen and oxygen atoms in total. The Morgan fingerprint density at radius 1 is 1.22 bits per heavy atom. The Kier molecular flexibility index (Phi) is 9.43. The van der Waals surface area contributed by atoms with Crippen LogP contribution in [0.3, 0.4) is 0 Å². The van der Waals surface area contributed by atoms with Crippen molar-refractivity contribution in [1.82, 2.24) is 14.9 Å². The first-order valence-corrected chi connectivity index (χ1v) is 15.8. The number of hydrogen-bond donors (Lipinski definition) is 3. The van der Waals surface area contributed by atoms with E-state index in [1.165, 1.54) is 20.5 Å². The number of H-pyrrole nitrogens is 1. The summed E-state index contributed by atoms with van der Waals surface area (Å²) in [5.74, 6) is -2.76. The standard InChI is InChI=1S/C24H28N4O3S3.C2HF3O2/c1-16(2)28(34(30,31)22-7-4-12-32-22)21-6-3-5-17-13-20(26-23(17)21)24-25-14-19(33-24)15-27-10-8-18(29)9-11-27;3-2(4,5)1(6)7/h3-7,12-14,16,18,26,29H,8-11,15H2,1-2H3;(H,6,7). The molecule has 1 aliphatic heterocycles. The van der Waals surface area contributed by atoms with Gasteiger partial charge < -0.3 is 15.2 Å². The highest BCUT2D eigenvalue weighted by molar-refractivity contribution is 7.94. The zero-order valence-electron chi connectivity index (χ0n) is 22.1. The average Bonchev–Trinajstić information content (AvgIpc) is 3.66. The predicted molar refractivity (Wildman–Crippen MR) is 153 cm³/mol. The number of nitrogens with one attached hydrogen (secondary N) is 1. The lowest BCUT2D eigenvalue weighted by atomic mass is 10.1. The van der Waals surface area contributed by atoms with Crippen LogP contribution in [0.4, 0.5) is 18.9 Å². The molecule has 0 aliphatic carbocycles. The fourth-order valence-electron chi connectivity index (χ4n) is 4.43. The minimum absolute atomic E-state index is 0.178. The molecule has 0 unspecified atom stereocenters. The Labute approximate surface area is 242 Å². The van der Waals surface area contributed by atoms with E-state index in [1.54, 1.807) is 28.8 Å². The number of thiazole rings is 1. The van der Waals surface area contributed by atoms with Gasteiger partial charge in [-0.25, -0.2) is 18.2 Å². The maximum absolute atomic E-state index is 13.5. The molecule has 5 rings (SSSR count). The van der Waals surface area contributed by atoms with Crippen LogP contribution >= 0.6 is 22.7 Å². The minimum Gasteiger partial charge on any atom is -0.475 e. The number of likely N-dealkylation sites (tertiary alicyclic amines) is 1. The number of aromatic nitrogens is 2. The van der Waals surface area contributed by atoms with Gasteiger partial charge in [0.2, 0.25) is 0 Å². The second kappa shape index (κ2) is 12.5. The number of aliphatic hydroxyl groups excluding tert-OH is 1. The van der Waals surface area contributed by atoms with Crippen LogP contribution in [-0.2, 0) is 21.4 Å². The maximum atomic E-state index is 13.5. The molecule has 41 heavy (non-hydrogen) atoms. The SMILES string of the molecule is CC(C)N(c1cccc2cc(-c3ncc(CN4CCC(O)CC4)s3)[nH]c12)S(=O)(=O)c1cccs1.O=C(O)C(F)(F)F. The summed E-state index contributed by atoms with van der Waals surface area (Å²) in [5, 5.41) is 20.5. The molecule has 0 atom stereocenters. The number of carboxylic acid groups (broad SMARTS) is 1. The van der Waals surface area contributed by atoms with E-state index in [9.17, 15) is 26.7 Å². The van der Waals surface area contributed by atoms with Crippen molar-refractivity contribution in [1.29, 1.82) is 0 Å². The van der Waals surface area contributed by atoms with Gasteiger partial charge in [-0.3, -0.25) is 9.21 Å². The number of benzene rings is 1. The Bertz CT molecular complexity index is 1580. The van der Waals surface area contributed by atoms with E-state index in [4.69, 9.17) is 9.90 Å². The van der Waals surface area contributed by atoms with E-state index in [1.807, 2.05) is 44.3 Å². The van der Waals surface area contributed by atoms with Crippen LogP contribution in [0.1, 0.15) is 31.6 Å². The van der Waals surface area contributed by atoms with Crippen molar-refractivity contribution >= 4 is 55.3 Å². The molecule has 4 aromatic rings. The summed E-state index contributed by atoms with van der Waals surface area (Å²) >= 11 is 2.87. The lowest BCUT2D eigenvalue weighted by Gasteiger charge is -2.28. The zero-order chi connectivity index (χ0) is 29.9. The molecular weight excluding hydrogens is 602 g/mol. The van der Waals surface area contributed by atoms with Gasteiger partial charge in [0.05, 0.1) is 23.0 Å². The van der Waals surface area contributed by atoms with Gasteiger partial charge in [-0.05, 0) is 50.3 Å². The first-order valence-electron chi connectivity index (χ1n) is 12.6. The lowest BCUT2D eigenvalue weighted by molar-refractivity contribution is -0.192. The van der Waals surface area contributed by atoms with Crippen LogP contribution < -0.4 is 4.31 Å². The van der Waals surface area contributed by atoms with Crippen molar-refractivity contribution in [3.8, 4) is 10.7 Å². The van der Waals surface area contributed by atoms with Crippen molar-refractivity contribution in [3.63, 3.8) is 0 Å². The van der Waals surface area contributed by atoms with Gasteiger partial charge in [0.25, 0.3) is 10.0 Å². The maximum Gasteiger partial charge on any atom is 0.490 e. The number of aromatic amines is 1. The molecule has 1 fully saturated rings. The molecule has 0 spiro atoms. The number of anilines is 1. The Morgan fingerprint density at radius 3 is 2.49 bits per heavy atom. The number of nitrogens with zero attached hydrogens (tertiary/aromatic N) is 3. The molecular formula is C26H29F3N4O5S3. The van der Waals surface area contributed by atoms with E-state index in [0.29, 0.717) is 9.90 Å². The third-order valence-electron chi connectivity index (χ3n) is 6.31. The smallest absolute Gasteiger partial charge is 0.475 e. The highest BCUT2D eigenvalue weighted by Gasteiger charge is 2.38. The quantitative estimate of drug-likeness (QED) is 0.245. The highest BCUT2D eigenvalue weighted by Crippen LogP contribution is 2.36. The van der Waals surface area contributed by atoms with Gasteiger partial charge in [0.1, 0.15) is 9.22 Å².